The second kappa shape index (κ2) is 9.58. The summed E-state index contributed by atoms with van der Waals surface area (Å²) >= 11 is 1.55. The van der Waals surface area contributed by atoms with Crippen molar-refractivity contribution < 1.29 is 4.74 Å². The van der Waals surface area contributed by atoms with Crippen molar-refractivity contribution in [2.75, 3.05) is 0 Å². The molecule has 0 spiro atoms. The number of benzene rings is 2. The average Bonchev–Trinajstić information content (AvgIpc) is 2.72. The fraction of sp³-hybridized carbons (Fsp3) is 0.292. The SMILES string of the molecule is CC(C)c1cccc(Oc2cc(C(C)C)nc(SCc3cccc(C#N)c3)n2)c1. The first-order chi connectivity index (χ1) is 13.9. The van der Waals surface area contributed by atoms with Crippen LogP contribution in [0, 0.1) is 11.3 Å². The maximum absolute atomic E-state index is 9.08. The van der Waals surface area contributed by atoms with Gasteiger partial charge in [0, 0.05) is 11.8 Å². The van der Waals surface area contributed by atoms with Gasteiger partial charge in [-0.05, 0) is 47.2 Å². The van der Waals surface area contributed by atoms with E-state index in [4.69, 9.17) is 10.00 Å². The predicted molar refractivity (Wildman–Crippen MR) is 117 cm³/mol. The smallest absolute Gasteiger partial charge is 0.223 e. The van der Waals surface area contributed by atoms with E-state index >= 15 is 0 Å². The highest BCUT2D eigenvalue weighted by Crippen LogP contribution is 2.29. The van der Waals surface area contributed by atoms with Crippen molar-refractivity contribution in [2.45, 2.75) is 50.4 Å². The normalized spacial score (nSPS) is 10.9. The summed E-state index contributed by atoms with van der Waals surface area (Å²) in [6, 6.07) is 19.8. The van der Waals surface area contributed by atoms with Gasteiger partial charge < -0.3 is 4.74 Å². The first kappa shape index (κ1) is 20.9. The average molecular weight is 404 g/mol. The standard InChI is InChI=1S/C24H25N3OS/c1-16(2)20-9-6-10-21(12-20)28-23-13-22(17(3)4)26-24(27-23)29-15-19-8-5-7-18(11-19)14-25/h5-13,16-17H,15H2,1-4H3. The zero-order valence-corrected chi connectivity index (χ0v) is 18.0. The summed E-state index contributed by atoms with van der Waals surface area (Å²) < 4.78 is 6.08. The molecule has 0 unspecified atom stereocenters. The number of hydrogen-bond donors (Lipinski definition) is 0. The molecule has 3 aromatic rings. The van der Waals surface area contributed by atoms with E-state index in [-0.39, 0.29) is 5.92 Å². The summed E-state index contributed by atoms with van der Waals surface area (Å²) in [7, 11) is 0. The van der Waals surface area contributed by atoms with Crippen LogP contribution in [0.4, 0.5) is 0 Å². The van der Waals surface area contributed by atoms with E-state index in [0.29, 0.717) is 28.3 Å². The predicted octanol–water partition coefficient (Wildman–Crippen LogP) is 6.68. The van der Waals surface area contributed by atoms with Crippen molar-refractivity contribution >= 4 is 11.8 Å². The van der Waals surface area contributed by atoms with E-state index in [9.17, 15) is 0 Å². The van der Waals surface area contributed by atoms with Crippen LogP contribution in [0.5, 0.6) is 11.6 Å². The van der Waals surface area contributed by atoms with Crippen molar-refractivity contribution in [3.63, 3.8) is 0 Å². The highest BCUT2D eigenvalue weighted by molar-refractivity contribution is 7.98. The second-order valence-electron chi connectivity index (χ2n) is 7.50. The molecule has 0 atom stereocenters. The number of aromatic nitrogens is 2. The Bertz CT molecular complexity index is 1020. The Morgan fingerprint density at radius 2 is 1.76 bits per heavy atom. The van der Waals surface area contributed by atoms with Gasteiger partial charge in [0.05, 0.1) is 17.3 Å². The quantitative estimate of drug-likeness (QED) is 0.325. The molecule has 0 aliphatic heterocycles. The lowest BCUT2D eigenvalue weighted by molar-refractivity contribution is 0.452. The fourth-order valence-electron chi connectivity index (χ4n) is 2.77. The third-order valence-electron chi connectivity index (χ3n) is 4.46. The monoisotopic (exact) mass is 403 g/mol. The van der Waals surface area contributed by atoms with Crippen LogP contribution in [0.3, 0.4) is 0 Å². The Morgan fingerprint density at radius 3 is 2.48 bits per heavy atom. The molecule has 148 valence electrons. The number of ether oxygens (including phenoxy) is 1. The number of thioether (sulfide) groups is 1. The van der Waals surface area contributed by atoms with Crippen molar-refractivity contribution in [3.05, 3.63) is 77.0 Å². The minimum absolute atomic E-state index is 0.267. The van der Waals surface area contributed by atoms with E-state index < -0.39 is 0 Å². The third kappa shape index (κ3) is 5.82. The maximum atomic E-state index is 9.08. The van der Waals surface area contributed by atoms with Gasteiger partial charge in [-0.15, -0.1) is 0 Å². The van der Waals surface area contributed by atoms with Gasteiger partial charge in [-0.1, -0.05) is 63.7 Å². The first-order valence-corrected chi connectivity index (χ1v) is 10.7. The lowest BCUT2D eigenvalue weighted by atomic mass is 10.0. The summed E-state index contributed by atoms with van der Waals surface area (Å²) in [5, 5.41) is 9.75. The lowest BCUT2D eigenvalue weighted by Crippen LogP contribution is -2.00. The van der Waals surface area contributed by atoms with Crippen molar-refractivity contribution in [3.8, 4) is 17.7 Å². The third-order valence-corrected chi connectivity index (χ3v) is 5.38. The van der Waals surface area contributed by atoms with Crippen LogP contribution in [-0.2, 0) is 5.75 Å². The molecular weight excluding hydrogens is 378 g/mol. The summed E-state index contributed by atoms with van der Waals surface area (Å²) in [5.41, 5.74) is 3.91. The molecule has 0 bridgehead atoms. The number of rotatable bonds is 7. The summed E-state index contributed by atoms with van der Waals surface area (Å²) in [6.45, 7) is 8.54. The molecule has 1 heterocycles. The van der Waals surface area contributed by atoms with Crippen LogP contribution in [0.2, 0.25) is 0 Å². The highest BCUT2D eigenvalue weighted by atomic mass is 32.2. The minimum Gasteiger partial charge on any atom is -0.439 e. The van der Waals surface area contributed by atoms with E-state index in [2.05, 4.69) is 55.9 Å². The molecule has 4 nitrogen and oxygen atoms in total. The van der Waals surface area contributed by atoms with Gasteiger partial charge in [0.2, 0.25) is 5.88 Å². The molecule has 0 saturated heterocycles. The number of nitrogens with zero attached hydrogens (tertiary/aromatic N) is 3. The summed E-state index contributed by atoms with van der Waals surface area (Å²) in [6.07, 6.45) is 0. The Labute approximate surface area is 177 Å². The zero-order chi connectivity index (χ0) is 20.8. The number of hydrogen-bond acceptors (Lipinski definition) is 5. The Kier molecular flexibility index (Phi) is 6.90. The molecule has 0 aliphatic rings. The Balaban J connectivity index is 1.82. The van der Waals surface area contributed by atoms with Gasteiger partial charge in [-0.25, -0.2) is 4.98 Å². The van der Waals surface area contributed by atoms with Crippen LogP contribution in [0.15, 0.2) is 59.8 Å². The van der Waals surface area contributed by atoms with E-state index in [1.807, 2.05) is 36.4 Å². The summed E-state index contributed by atoms with van der Waals surface area (Å²) in [5.74, 6) is 2.73. The van der Waals surface area contributed by atoms with E-state index in [0.717, 1.165) is 17.0 Å². The van der Waals surface area contributed by atoms with Crippen molar-refractivity contribution in [1.29, 1.82) is 5.26 Å². The fourth-order valence-corrected chi connectivity index (χ4v) is 3.57. The molecule has 0 fully saturated rings. The maximum Gasteiger partial charge on any atom is 0.223 e. The molecular formula is C24H25N3OS. The zero-order valence-electron chi connectivity index (χ0n) is 17.2. The summed E-state index contributed by atoms with van der Waals surface area (Å²) in [4.78, 5) is 9.29. The van der Waals surface area contributed by atoms with Crippen LogP contribution in [-0.4, -0.2) is 9.97 Å². The largest absolute Gasteiger partial charge is 0.439 e. The van der Waals surface area contributed by atoms with E-state index in [1.54, 1.807) is 17.8 Å². The van der Waals surface area contributed by atoms with Crippen LogP contribution >= 0.6 is 11.8 Å². The molecule has 0 aliphatic carbocycles. The molecule has 3 rings (SSSR count). The highest BCUT2D eigenvalue weighted by Gasteiger charge is 2.11. The molecule has 5 heteroatoms. The van der Waals surface area contributed by atoms with Crippen molar-refractivity contribution in [2.24, 2.45) is 0 Å². The van der Waals surface area contributed by atoms with Crippen LogP contribution in [0.25, 0.3) is 0 Å². The first-order valence-electron chi connectivity index (χ1n) is 9.73. The van der Waals surface area contributed by atoms with Crippen LogP contribution in [0.1, 0.15) is 61.9 Å². The minimum atomic E-state index is 0.267. The molecule has 0 radical (unpaired) electrons. The molecule has 0 N–H and O–H groups in total. The van der Waals surface area contributed by atoms with Gasteiger partial charge in [-0.3, -0.25) is 0 Å². The molecule has 1 aromatic heterocycles. The second-order valence-corrected chi connectivity index (χ2v) is 8.44. The van der Waals surface area contributed by atoms with Gasteiger partial charge in [0.15, 0.2) is 5.16 Å². The topological polar surface area (TPSA) is 58.8 Å². The molecule has 0 saturated carbocycles. The number of nitriles is 1. The molecule has 29 heavy (non-hydrogen) atoms. The van der Waals surface area contributed by atoms with Gasteiger partial charge >= 0.3 is 0 Å². The van der Waals surface area contributed by atoms with Crippen LogP contribution < -0.4 is 4.74 Å². The molecule has 0 amide bonds. The van der Waals surface area contributed by atoms with E-state index in [1.165, 1.54) is 5.56 Å². The lowest BCUT2D eigenvalue weighted by Gasteiger charge is -2.12. The van der Waals surface area contributed by atoms with Gasteiger partial charge in [0.1, 0.15) is 5.75 Å². The Hall–Kier alpha value is -2.84. The molecule has 2 aromatic carbocycles. The van der Waals surface area contributed by atoms with Crippen molar-refractivity contribution in [1.82, 2.24) is 9.97 Å². The van der Waals surface area contributed by atoms with Gasteiger partial charge in [-0.2, -0.15) is 10.2 Å². The van der Waals surface area contributed by atoms with Gasteiger partial charge in [0.25, 0.3) is 0 Å². The Morgan fingerprint density at radius 1 is 0.966 bits per heavy atom.